The molecule has 15 aromatic rings. The van der Waals surface area contributed by atoms with E-state index in [0.29, 0.717) is 34.4 Å². The summed E-state index contributed by atoms with van der Waals surface area (Å²) in [6.07, 6.45) is 7.44. The van der Waals surface area contributed by atoms with Crippen molar-refractivity contribution in [3.63, 3.8) is 0 Å². The maximum Gasteiger partial charge on any atom is 0.152 e. The second kappa shape index (κ2) is 20.9. The zero-order valence-electron chi connectivity index (χ0n) is 49.7. The number of ether oxygens (including phenoxy) is 2. The predicted octanol–water partition coefficient (Wildman–Crippen LogP) is 20.1. The molecule has 0 spiro atoms. The fourth-order valence-corrected chi connectivity index (χ4v) is 13.4. The molecule has 5 aromatic heterocycles. The average molecular weight is 1170 g/mol. The van der Waals surface area contributed by atoms with Crippen molar-refractivity contribution in [2.45, 2.75) is 13.8 Å². The third kappa shape index (κ3) is 8.51. The van der Waals surface area contributed by atoms with Crippen LogP contribution in [0.3, 0.4) is 0 Å². The number of para-hydroxylation sites is 10. The molecule has 17 rings (SSSR count). The fraction of sp³-hybridized carbons (Fsp3) is 0.0513. The Balaban J connectivity index is 0.789. The molecule has 2 aliphatic heterocycles. The second-order valence-electron chi connectivity index (χ2n) is 23.0. The first-order valence-corrected chi connectivity index (χ1v) is 30.1. The highest BCUT2D eigenvalue weighted by molar-refractivity contribution is 6.11. The molecule has 0 N–H and O–H groups in total. The second-order valence-corrected chi connectivity index (χ2v) is 23.0. The van der Waals surface area contributed by atoms with Crippen molar-refractivity contribution < 1.29 is 9.47 Å². The maximum atomic E-state index is 7.28. The molecule has 7 heterocycles. The number of anilines is 10. The quantitative estimate of drug-likeness (QED) is 0.132. The molecule has 0 aliphatic carbocycles. The summed E-state index contributed by atoms with van der Waals surface area (Å²) < 4.78 is 19.0. The number of nitrogens with zero attached hydrogens (tertiary/aromatic N) is 10. The molecule has 0 saturated carbocycles. The molecule has 0 amide bonds. The van der Waals surface area contributed by atoms with Crippen molar-refractivity contribution in [1.29, 1.82) is 0 Å². The van der Waals surface area contributed by atoms with Crippen molar-refractivity contribution in [1.82, 2.24) is 29.1 Å². The number of hydrogen-bond acceptors (Lipinski definition) is 10. The summed E-state index contributed by atoms with van der Waals surface area (Å²) in [5.41, 5.74) is 19.5. The lowest BCUT2D eigenvalue weighted by Gasteiger charge is -2.39. The Morgan fingerprint density at radius 3 is 1.03 bits per heavy atom. The molecular formula is C78H56N10O2. The van der Waals surface area contributed by atoms with E-state index >= 15 is 0 Å². The van der Waals surface area contributed by atoms with Crippen molar-refractivity contribution >= 4 is 100 Å². The summed E-state index contributed by atoms with van der Waals surface area (Å²) in [6.45, 7) is 4.19. The van der Waals surface area contributed by atoms with Crippen molar-refractivity contribution in [3.05, 3.63) is 279 Å². The zero-order chi connectivity index (χ0) is 60.1. The molecule has 430 valence electrons. The number of benzene rings is 10. The molecular weight excluding hydrogens is 1110 g/mol. The lowest BCUT2D eigenvalue weighted by atomic mass is 10.0. The van der Waals surface area contributed by atoms with E-state index in [1.54, 1.807) is 0 Å². The van der Waals surface area contributed by atoms with Gasteiger partial charge in [0.2, 0.25) is 0 Å². The third-order valence-electron chi connectivity index (χ3n) is 17.6. The van der Waals surface area contributed by atoms with E-state index in [-0.39, 0.29) is 0 Å². The van der Waals surface area contributed by atoms with Gasteiger partial charge in [-0.05, 0) is 158 Å². The van der Waals surface area contributed by atoms with Gasteiger partial charge in [-0.25, -0.2) is 9.97 Å². The monoisotopic (exact) mass is 1160 g/mol. The minimum Gasteiger partial charge on any atom is -0.455 e. The van der Waals surface area contributed by atoms with Crippen LogP contribution in [0.5, 0.6) is 23.0 Å². The van der Waals surface area contributed by atoms with Crippen LogP contribution in [0.2, 0.25) is 0 Å². The minimum absolute atomic E-state index is 0.640. The van der Waals surface area contributed by atoms with Crippen LogP contribution in [-0.2, 0) is 0 Å². The number of hydrogen-bond donors (Lipinski definition) is 0. The Kier molecular flexibility index (Phi) is 12.1. The van der Waals surface area contributed by atoms with Gasteiger partial charge in [-0.2, -0.15) is 0 Å². The molecule has 0 radical (unpaired) electrons. The van der Waals surface area contributed by atoms with E-state index in [0.717, 1.165) is 134 Å². The first-order chi connectivity index (χ1) is 44.3. The molecule has 0 saturated heterocycles. The molecule has 12 nitrogen and oxygen atoms in total. The van der Waals surface area contributed by atoms with E-state index in [4.69, 9.17) is 29.4 Å². The van der Waals surface area contributed by atoms with E-state index in [1.165, 1.54) is 0 Å². The molecule has 0 atom stereocenters. The smallest absolute Gasteiger partial charge is 0.152 e. The highest BCUT2D eigenvalue weighted by Gasteiger charge is 2.32. The normalized spacial score (nSPS) is 12.6. The van der Waals surface area contributed by atoms with Gasteiger partial charge in [0.05, 0.1) is 103 Å². The lowest BCUT2D eigenvalue weighted by molar-refractivity contribution is 0.484. The first-order valence-electron chi connectivity index (χ1n) is 30.1. The maximum absolute atomic E-state index is 7.28. The van der Waals surface area contributed by atoms with E-state index in [2.05, 4.69) is 287 Å². The van der Waals surface area contributed by atoms with Gasteiger partial charge in [-0.3, -0.25) is 19.1 Å². The van der Waals surface area contributed by atoms with Crippen LogP contribution < -0.4 is 29.1 Å². The Morgan fingerprint density at radius 1 is 0.300 bits per heavy atom. The molecule has 0 unspecified atom stereocenters. The molecule has 10 aromatic carbocycles. The first kappa shape index (κ1) is 52.3. The van der Waals surface area contributed by atoms with E-state index < -0.39 is 0 Å². The molecule has 0 bridgehead atoms. The molecule has 2 aliphatic rings. The van der Waals surface area contributed by atoms with Gasteiger partial charge < -0.3 is 29.1 Å². The SMILES string of the molecule is Cc1ccnc(-n2c3ccccc3c3ccc(Oc4cc(-c5cnc(-c6ccc(N7c8ccccc8N(C)c8ccccc87)c(Oc7ccc8c9ccccc9n(-c9cc(C)ccn9)c8c7)c6)cn5)ccc4N4c5ccccc5N(C)c5ccccc54)cc32)c1. The molecule has 90 heavy (non-hydrogen) atoms. The van der Waals surface area contributed by atoms with Crippen LogP contribution in [0.4, 0.5) is 56.9 Å². The van der Waals surface area contributed by atoms with Gasteiger partial charge in [0.15, 0.2) is 11.5 Å². The topological polar surface area (TPSA) is 92.8 Å². The van der Waals surface area contributed by atoms with Gasteiger partial charge in [0.25, 0.3) is 0 Å². The number of aromatic nitrogens is 6. The standard InChI is InChI=1S/C78H56N10O2/c1-49-37-39-79-77(41-49)87-61-19-7-5-17-55(61)57-33-31-53(45-73(57)87)89-75-43-51(29-35-71(75)85-67-25-13-9-21-63(67)83(3)64-22-10-14-26-68(64)85)59-47-82-60(48-81-59)52-30-36-72(86-69-27-15-11-23-65(69)84(4)66-24-12-16-28-70(66)86)76(44-52)90-54-32-34-58-56-18-6-8-20-62(56)88(74(58)46-54)78-42-50(2)38-40-80-78/h5-48H,1-4H3. The number of fused-ring (bicyclic) bond motifs is 10. The van der Waals surface area contributed by atoms with Gasteiger partial charge in [-0.15, -0.1) is 0 Å². The van der Waals surface area contributed by atoms with Gasteiger partial charge in [0.1, 0.15) is 23.1 Å². The largest absolute Gasteiger partial charge is 0.455 e. The van der Waals surface area contributed by atoms with Crippen molar-refractivity contribution in [2.75, 3.05) is 33.7 Å². The summed E-state index contributed by atoms with van der Waals surface area (Å²) >= 11 is 0. The van der Waals surface area contributed by atoms with Gasteiger partial charge >= 0.3 is 0 Å². The highest BCUT2D eigenvalue weighted by Crippen LogP contribution is 2.56. The van der Waals surface area contributed by atoms with Crippen molar-refractivity contribution in [2.24, 2.45) is 0 Å². The Bertz CT molecular complexity index is 4950. The number of rotatable bonds is 10. The van der Waals surface area contributed by atoms with Crippen LogP contribution >= 0.6 is 0 Å². The van der Waals surface area contributed by atoms with E-state index in [1.807, 2.05) is 36.9 Å². The van der Waals surface area contributed by atoms with Gasteiger partial charge in [-0.1, -0.05) is 97.1 Å². The van der Waals surface area contributed by atoms with Crippen LogP contribution in [0, 0.1) is 13.8 Å². The summed E-state index contributed by atoms with van der Waals surface area (Å²) in [7, 11) is 4.24. The summed E-state index contributed by atoms with van der Waals surface area (Å²) in [5.74, 6) is 4.31. The van der Waals surface area contributed by atoms with E-state index in [9.17, 15) is 0 Å². The van der Waals surface area contributed by atoms with Crippen LogP contribution in [0.25, 0.3) is 77.8 Å². The Morgan fingerprint density at radius 2 is 0.656 bits per heavy atom. The van der Waals surface area contributed by atoms with Gasteiger partial charge in [0, 0.05) is 71.3 Å². The van der Waals surface area contributed by atoms with Crippen LogP contribution in [-0.4, -0.2) is 43.2 Å². The summed E-state index contributed by atoms with van der Waals surface area (Å²) in [5, 5.41) is 4.48. The zero-order valence-corrected chi connectivity index (χ0v) is 49.7. The van der Waals surface area contributed by atoms with Crippen molar-refractivity contribution in [3.8, 4) is 57.1 Å². The third-order valence-corrected chi connectivity index (χ3v) is 17.6. The minimum atomic E-state index is 0.640. The Hall–Kier alpha value is -12.0. The van der Waals surface area contributed by atoms with Crippen LogP contribution in [0.1, 0.15) is 11.1 Å². The number of pyridine rings is 2. The summed E-state index contributed by atoms with van der Waals surface area (Å²) in [4.78, 5) is 29.2. The summed E-state index contributed by atoms with van der Waals surface area (Å²) in [6, 6.07) is 84.6. The predicted molar refractivity (Wildman–Crippen MR) is 365 cm³/mol. The lowest BCUT2D eigenvalue weighted by Crippen LogP contribution is -2.24. The number of aryl methyl sites for hydroxylation is 2. The molecule has 0 fully saturated rings. The average Bonchev–Trinajstić information content (AvgIpc) is 2.10. The van der Waals surface area contributed by atoms with Crippen LogP contribution in [0.15, 0.2) is 267 Å². The highest BCUT2D eigenvalue weighted by atomic mass is 16.5. The Labute approximate surface area is 519 Å². The fourth-order valence-electron chi connectivity index (χ4n) is 13.4. The molecule has 12 heteroatoms.